The Labute approximate surface area is 102 Å². The summed E-state index contributed by atoms with van der Waals surface area (Å²) in [6, 6.07) is 0. The van der Waals surface area contributed by atoms with Gasteiger partial charge in [0.25, 0.3) is 0 Å². The second-order valence-electron chi connectivity index (χ2n) is 4.86. The summed E-state index contributed by atoms with van der Waals surface area (Å²) in [6.07, 6.45) is 2.14. The van der Waals surface area contributed by atoms with E-state index in [1.807, 2.05) is 20.8 Å². The van der Waals surface area contributed by atoms with Gasteiger partial charge in [0.2, 0.25) is 0 Å². The molecule has 1 unspecified atom stereocenters. The van der Waals surface area contributed by atoms with E-state index >= 15 is 0 Å². The van der Waals surface area contributed by atoms with Crippen molar-refractivity contribution in [3.8, 4) is 0 Å². The van der Waals surface area contributed by atoms with Crippen LogP contribution in [0.1, 0.15) is 53.4 Å². The Hall–Kier alpha value is -0.380. The maximum absolute atomic E-state index is 11.4. The van der Waals surface area contributed by atoms with Crippen LogP contribution in [0.25, 0.3) is 0 Å². The predicted molar refractivity (Wildman–Crippen MR) is 66.0 cm³/mol. The van der Waals surface area contributed by atoms with Crippen molar-refractivity contribution in [1.82, 2.24) is 0 Å². The van der Waals surface area contributed by atoms with Crippen molar-refractivity contribution in [2.75, 3.05) is 0 Å². The van der Waals surface area contributed by atoms with Crippen LogP contribution in [-0.2, 0) is 9.36 Å². The van der Waals surface area contributed by atoms with Gasteiger partial charge in [-0.2, -0.15) is 0 Å². The molecule has 6 heteroatoms. The van der Waals surface area contributed by atoms with Crippen LogP contribution in [0.15, 0.2) is 0 Å². The minimum atomic E-state index is -4.68. The zero-order chi connectivity index (χ0) is 13.9. The molecule has 0 aliphatic carbocycles. The van der Waals surface area contributed by atoms with E-state index < -0.39 is 18.7 Å². The van der Waals surface area contributed by atoms with Crippen LogP contribution >= 0.6 is 7.60 Å². The molecule has 1 atom stereocenters. The molecule has 0 bridgehead atoms. The highest BCUT2D eigenvalue weighted by Gasteiger charge is 2.53. The summed E-state index contributed by atoms with van der Waals surface area (Å²) in [6.45, 7) is 6.92. The predicted octanol–water partition coefficient (Wildman–Crippen LogP) is 2.61. The first-order valence-electron chi connectivity index (χ1n) is 5.87. The molecule has 3 N–H and O–H groups in total. The van der Waals surface area contributed by atoms with Crippen LogP contribution in [0.5, 0.6) is 0 Å². The van der Waals surface area contributed by atoms with Gasteiger partial charge < -0.3 is 14.9 Å². The van der Waals surface area contributed by atoms with Crippen molar-refractivity contribution in [3.63, 3.8) is 0 Å². The lowest BCUT2D eigenvalue weighted by Crippen LogP contribution is -2.41. The molecule has 17 heavy (non-hydrogen) atoms. The lowest BCUT2D eigenvalue weighted by atomic mass is 9.73. The Morgan fingerprint density at radius 1 is 1.12 bits per heavy atom. The minimum absolute atomic E-state index is 0.00309. The van der Waals surface area contributed by atoms with Crippen LogP contribution in [0.2, 0.25) is 0 Å². The van der Waals surface area contributed by atoms with Crippen molar-refractivity contribution in [1.29, 1.82) is 0 Å². The summed E-state index contributed by atoms with van der Waals surface area (Å²) in [5.41, 5.74) is -0.325. The molecular formula is C11H23O5P. The third-order valence-electron chi connectivity index (χ3n) is 4.07. The Balaban J connectivity index is 5.41. The van der Waals surface area contributed by atoms with Gasteiger partial charge in [0.1, 0.15) is 0 Å². The van der Waals surface area contributed by atoms with E-state index in [0.717, 1.165) is 6.92 Å². The van der Waals surface area contributed by atoms with Crippen LogP contribution in [0.4, 0.5) is 0 Å². The molecule has 0 heterocycles. The van der Waals surface area contributed by atoms with E-state index in [2.05, 4.69) is 0 Å². The maximum atomic E-state index is 11.4. The van der Waals surface area contributed by atoms with E-state index in [4.69, 9.17) is 5.11 Å². The minimum Gasteiger partial charge on any atom is -0.480 e. The molecule has 0 aromatic heterocycles. The van der Waals surface area contributed by atoms with Crippen LogP contribution in [0.3, 0.4) is 0 Å². The third kappa shape index (κ3) is 3.30. The Bertz CT molecular complexity index is 310. The number of carbonyl (C=O) groups is 1. The monoisotopic (exact) mass is 266 g/mol. The molecule has 0 spiro atoms. The molecule has 0 saturated carbocycles. The molecule has 0 aliphatic rings. The first-order valence-corrected chi connectivity index (χ1v) is 7.49. The van der Waals surface area contributed by atoms with E-state index in [1.54, 1.807) is 0 Å². The molecular weight excluding hydrogens is 243 g/mol. The fourth-order valence-corrected chi connectivity index (χ4v) is 2.95. The lowest BCUT2D eigenvalue weighted by Gasteiger charge is -2.38. The summed E-state index contributed by atoms with van der Waals surface area (Å²) in [4.78, 5) is 29.8. The summed E-state index contributed by atoms with van der Waals surface area (Å²) in [5, 5.41) is 7.13. The molecule has 0 aliphatic heterocycles. The average Bonchev–Trinajstić information content (AvgIpc) is 2.24. The van der Waals surface area contributed by atoms with Gasteiger partial charge in [0.05, 0.1) is 0 Å². The number of carboxylic acid groups (broad SMARTS) is 1. The number of hydrogen-bond acceptors (Lipinski definition) is 2. The highest BCUT2D eigenvalue weighted by molar-refractivity contribution is 7.54. The van der Waals surface area contributed by atoms with Gasteiger partial charge in [-0.3, -0.25) is 9.36 Å². The standard InChI is InChI=1S/C11H23O5P/c1-5-11(6-2,7-3)8-10(4,9(12)13)17(14,15)16/h5-8H2,1-4H3,(H,12,13)(H2,14,15,16). The molecule has 0 fully saturated rings. The molecule has 0 saturated heterocycles. The largest absolute Gasteiger partial charge is 0.480 e. The van der Waals surface area contributed by atoms with Gasteiger partial charge in [-0.05, 0) is 18.8 Å². The van der Waals surface area contributed by atoms with Crippen LogP contribution in [-0.4, -0.2) is 26.0 Å². The molecule has 0 radical (unpaired) electrons. The molecule has 0 aromatic carbocycles. The summed E-state index contributed by atoms with van der Waals surface area (Å²) in [7, 11) is -4.68. The first-order chi connectivity index (χ1) is 7.58. The lowest BCUT2D eigenvalue weighted by molar-refractivity contribution is -0.141. The summed E-state index contributed by atoms with van der Waals surface area (Å²) < 4.78 is 11.4. The molecule has 0 amide bonds. The van der Waals surface area contributed by atoms with Gasteiger partial charge >= 0.3 is 13.6 Å². The van der Waals surface area contributed by atoms with Crippen molar-refractivity contribution in [2.24, 2.45) is 5.41 Å². The van der Waals surface area contributed by atoms with Crippen molar-refractivity contribution in [2.45, 2.75) is 58.5 Å². The van der Waals surface area contributed by atoms with E-state index in [-0.39, 0.29) is 11.8 Å². The van der Waals surface area contributed by atoms with Crippen molar-refractivity contribution < 1.29 is 24.3 Å². The Morgan fingerprint density at radius 2 is 1.47 bits per heavy atom. The van der Waals surface area contributed by atoms with Crippen LogP contribution < -0.4 is 0 Å². The fraction of sp³-hybridized carbons (Fsp3) is 0.909. The van der Waals surface area contributed by atoms with Crippen molar-refractivity contribution >= 4 is 13.6 Å². The first kappa shape index (κ1) is 16.6. The van der Waals surface area contributed by atoms with Gasteiger partial charge in [-0.1, -0.05) is 40.0 Å². The number of carboxylic acids is 1. The average molecular weight is 266 g/mol. The van der Waals surface area contributed by atoms with E-state index in [9.17, 15) is 19.1 Å². The highest BCUT2D eigenvalue weighted by Crippen LogP contribution is 2.57. The van der Waals surface area contributed by atoms with Crippen LogP contribution in [0, 0.1) is 5.41 Å². The smallest absolute Gasteiger partial charge is 0.342 e. The molecule has 0 rings (SSSR count). The van der Waals surface area contributed by atoms with Gasteiger partial charge in [-0.15, -0.1) is 0 Å². The Kier molecular flexibility index (Phi) is 5.38. The zero-order valence-corrected chi connectivity index (χ0v) is 11.8. The summed E-state index contributed by atoms with van der Waals surface area (Å²) >= 11 is 0. The molecule has 5 nitrogen and oxygen atoms in total. The van der Waals surface area contributed by atoms with E-state index in [1.165, 1.54) is 0 Å². The van der Waals surface area contributed by atoms with Crippen molar-refractivity contribution in [3.05, 3.63) is 0 Å². The Morgan fingerprint density at radius 3 is 1.65 bits per heavy atom. The van der Waals surface area contributed by atoms with E-state index in [0.29, 0.717) is 19.3 Å². The second kappa shape index (κ2) is 5.51. The SMILES string of the molecule is CCC(CC)(CC)CC(C)(C(=O)O)P(=O)(O)O. The number of rotatable bonds is 7. The number of aliphatic carboxylic acids is 1. The zero-order valence-electron chi connectivity index (χ0n) is 10.9. The third-order valence-corrected chi connectivity index (χ3v) is 5.71. The highest BCUT2D eigenvalue weighted by atomic mass is 31.2. The quantitative estimate of drug-likeness (QED) is 0.616. The van der Waals surface area contributed by atoms with Gasteiger partial charge in [-0.25, -0.2) is 0 Å². The second-order valence-corrected chi connectivity index (χ2v) is 6.94. The van der Waals surface area contributed by atoms with Gasteiger partial charge in [0, 0.05) is 0 Å². The molecule has 102 valence electrons. The maximum Gasteiger partial charge on any atom is 0.342 e. The summed E-state index contributed by atoms with van der Waals surface area (Å²) in [5.74, 6) is -1.43. The fourth-order valence-electron chi connectivity index (χ4n) is 2.16. The topological polar surface area (TPSA) is 94.8 Å². The normalized spacial score (nSPS) is 16.6. The van der Waals surface area contributed by atoms with Gasteiger partial charge in [0.15, 0.2) is 5.16 Å². The number of hydrogen-bond donors (Lipinski definition) is 3. The molecule has 0 aromatic rings.